The van der Waals surface area contributed by atoms with E-state index in [1.807, 2.05) is 18.2 Å². The Labute approximate surface area is 120 Å². The van der Waals surface area contributed by atoms with Crippen LogP contribution in [0.3, 0.4) is 0 Å². The van der Waals surface area contributed by atoms with Crippen LogP contribution in [-0.2, 0) is 6.54 Å². The van der Waals surface area contributed by atoms with Crippen LogP contribution in [0.2, 0.25) is 0 Å². The molecule has 0 unspecified atom stereocenters. The van der Waals surface area contributed by atoms with Crippen molar-refractivity contribution < 1.29 is 9.47 Å². The Morgan fingerprint density at radius 3 is 2.55 bits per heavy atom. The number of guanidine groups is 1. The normalized spacial score (nSPS) is 14.8. The lowest BCUT2D eigenvalue weighted by molar-refractivity contribution is 0.354. The first-order valence-electron chi connectivity index (χ1n) is 6.92. The predicted octanol–water partition coefficient (Wildman–Crippen LogP) is 1.78. The minimum atomic E-state index is 0.699. The van der Waals surface area contributed by atoms with Crippen LogP contribution in [0.1, 0.15) is 18.4 Å². The van der Waals surface area contributed by atoms with E-state index in [1.54, 1.807) is 21.3 Å². The van der Waals surface area contributed by atoms with Gasteiger partial charge in [0, 0.05) is 20.1 Å². The molecule has 0 amide bonds. The highest BCUT2D eigenvalue weighted by Crippen LogP contribution is 2.28. The van der Waals surface area contributed by atoms with Gasteiger partial charge in [-0.25, -0.2) is 0 Å². The molecule has 0 saturated heterocycles. The van der Waals surface area contributed by atoms with Crippen LogP contribution in [0, 0.1) is 5.92 Å². The Kier molecular flexibility index (Phi) is 5.09. The first-order valence-corrected chi connectivity index (χ1v) is 6.92. The third-order valence-electron chi connectivity index (χ3n) is 3.39. The summed E-state index contributed by atoms with van der Waals surface area (Å²) in [5.41, 5.74) is 1.12. The van der Waals surface area contributed by atoms with Crippen molar-refractivity contribution in [1.29, 1.82) is 0 Å². The number of hydrogen-bond acceptors (Lipinski definition) is 3. The zero-order valence-electron chi connectivity index (χ0n) is 12.4. The largest absolute Gasteiger partial charge is 0.493 e. The summed E-state index contributed by atoms with van der Waals surface area (Å²) in [5.74, 6) is 3.15. The highest BCUT2D eigenvalue weighted by atomic mass is 16.5. The molecular weight excluding hydrogens is 254 g/mol. The molecule has 5 nitrogen and oxygen atoms in total. The van der Waals surface area contributed by atoms with Gasteiger partial charge in [0.05, 0.1) is 14.2 Å². The van der Waals surface area contributed by atoms with E-state index in [1.165, 1.54) is 12.8 Å². The molecule has 1 aromatic carbocycles. The first kappa shape index (κ1) is 14.5. The molecule has 0 aromatic heterocycles. The Bertz CT molecular complexity index is 470. The fourth-order valence-electron chi connectivity index (χ4n) is 1.96. The van der Waals surface area contributed by atoms with Crippen molar-refractivity contribution in [2.24, 2.45) is 10.9 Å². The second kappa shape index (κ2) is 7.03. The monoisotopic (exact) mass is 277 g/mol. The predicted molar refractivity (Wildman–Crippen MR) is 80.5 cm³/mol. The summed E-state index contributed by atoms with van der Waals surface area (Å²) in [4.78, 5) is 4.22. The van der Waals surface area contributed by atoms with Crippen molar-refractivity contribution in [3.05, 3.63) is 23.8 Å². The molecule has 0 atom stereocenters. The van der Waals surface area contributed by atoms with Gasteiger partial charge in [0.1, 0.15) is 0 Å². The molecule has 0 aliphatic heterocycles. The van der Waals surface area contributed by atoms with Gasteiger partial charge in [-0.3, -0.25) is 4.99 Å². The van der Waals surface area contributed by atoms with Crippen molar-refractivity contribution in [3.8, 4) is 11.5 Å². The number of aliphatic imine (C=N–C) groups is 1. The van der Waals surface area contributed by atoms with Crippen LogP contribution >= 0.6 is 0 Å². The van der Waals surface area contributed by atoms with Crippen molar-refractivity contribution in [1.82, 2.24) is 10.6 Å². The van der Waals surface area contributed by atoms with Crippen molar-refractivity contribution in [2.75, 3.05) is 27.8 Å². The highest BCUT2D eigenvalue weighted by Gasteiger charge is 2.21. The number of benzene rings is 1. The molecule has 1 aliphatic rings. The minimum Gasteiger partial charge on any atom is -0.493 e. The van der Waals surface area contributed by atoms with Gasteiger partial charge in [0.2, 0.25) is 0 Å². The zero-order valence-corrected chi connectivity index (χ0v) is 12.4. The fourth-order valence-corrected chi connectivity index (χ4v) is 1.96. The van der Waals surface area contributed by atoms with E-state index in [9.17, 15) is 0 Å². The van der Waals surface area contributed by atoms with E-state index in [2.05, 4.69) is 15.6 Å². The summed E-state index contributed by atoms with van der Waals surface area (Å²) in [6.07, 6.45) is 2.67. The lowest BCUT2D eigenvalue weighted by Crippen LogP contribution is -2.37. The van der Waals surface area contributed by atoms with Crippen LogP contribution in [0.5, 0.6) is 11.5 Å². The number of rotatable bonds is 6. The van der Waals surface area contributed by atoms with Crippen LogP contribution in [0.4, 0.5) is 0 Å². The highest BCUT2D eigenvalue weighted by molar-refractivity contribution is 5.79. The molecule has 20 heavy (non-hydrogen) atoms. The molecule has 2 N–H and O–H groups in total. The molecule has 0 radical (unpaired) electrons. The Balaban J connectivity index is 1.88. The summed E-state index contributed by atoms with van der Waals surface area (Å²) < 4.78 is 10.5. The maximum Gasteiger partial charge on any atom is 0.191 e. The maximum absolute atomic E-state index is 5.30. The Hall–Kier alpha value is -1.91. The van der Waals surface area contributed by atoms with Gasteiger partial charge in [0.25, 0.3) is 0 Å². The average molecular weight is 277 g/mol. The van der Waals surface area contributed by atoms with Crippen molar-refractivity contribution in [3.63, 3.8) is 0 Å². The smallest absolute Gasteiger partial charge is 0.191 e. The van der Waals surface area contributed by atoms with E-state index in [0.717, 1.165) is 35.5 Å². The first-order chi connectivity index (χ1) is 9.76. The number of nitrogens with one attached hydrogen (secondary N) is 2. The molecule has 2 rings (SSSR count). The Morgan fingerprint density at radius 1 is 1.20 bits per heavy atom. The lowest BCUT2D eigenvalue weighted by atomic mass is 10.2. The number of hydrogen-bond donors (Lipinski definition) is 2. The molecule has 110 valence electrons. The van der Waals surface area contributed by atoms with Crippen LogP contribution < -0.4 is 20.1 Å². The molecule has 1 saturated carbocycles. The third-order valence-corrected chi connectivity index (χ3v) is 3.39. The van der Waals surface area contributed by atoms with Crippen LogP contribution in [0.25, 0.3) is 0 Å². The zero-order chi connectivity index (χ0) is 14.4. The number of ether oxygens (including phenoxy) is 2. The van der Waals surface area contributed by atoms with Crippen LogP contribution in [0.15, 0.2) is 23.2 Å². The quantitative estimate of drug-likeness (QED) is 0.615. The number of methoxy groups -OCH3 is 2. The molecule has 0 spiro atoms. The molecule has 0 bridgehead atoms. The molecule has 1 aliphatic carbocycles. The summed E-state index contributed by atoms with van der Waals surface area (Å²) in [6, 6.07) is 5.90. The molecular formula is C15H23N3O2. The summed E-state index contributed by atoms with van der Waals surface area (Å²) in [5, 5.41) is 6.64. The van der Waals surface area contributed by atoms with Gasteiger partial charge in [-0.1, -0.05) is 6.07 Å². The maximum atomic E-state index is 5.30. The van der Waals surface area contributed by atoms with E-state index in [-0.39, 0.29) is 0 Å². The SMILES string of the molecule is CN=C(NCc1ccc(OC)c(OC)c1)NCC1CC1. The van der Waals surface area contributed by atoms with Gasteiger partial charge >= 0.3 is 0 Å². The van der Waals surface area contributed by atoms with Gasteiger partial charge in [-0.15, -0.1) is 0 Å². The number of nitrogens with zero attached hydrogens (tertiary/aromatic N) is 1. The summed E-state index contributed by atoms with van der Waals surface area (Å²) in [7, 11) is 5.07. The van der Waals surface area contributed by atoms with E-state index >= 15 is 0 Å². The fraction of sp³-hybridized carbons (Fsp3) is 0.533. The standard InChI is InChI=1S/C15H23N3O2/c1-16-15(17-9-11-4-5-11)18-10-12-6-7-13(19-2)14(8-12)20-3/h6-8,11H,4-5,9-10H2,1-3H3,(H2,16,17,18). The van der Waals surface area contributed by atoms with Crippen LogP contribution in [-0.4, -0.2) is 33.8 Å². The van der Waals surface area contributed by atoms with E-state index in [4.69, 9.17) is 9.47 Å². The summed E-state index contributed by atoms with van der Waals surface area (Å²) in [6.45, 7) is 1.70. The second-order valence-corrected chi connectivity index (χ2v) is 4.94. The lowest BCUT2D eigenvalue weighted by Gasteiger charge is -2.13. The van der Waals surface area contributed by atoms with Gasteiger partial charge in [0.15, 0.2) is 17.5 Å². The summed E-state index contributed by atoms with van der Waals surface area (Å²) >= 11 is 0. The third kappa shape index (κ3) is 4.05. The molecule has 0 heterocycles. The van der Waals surface area contributed by atoms with Gasteiger partial charge in [-0.2, -0.15) is 0 Å². The minimum absolute atomic E-state index is 0.699. The van der Waals surface area contributed by atoms with E-state index < -0.39 is 0 Å². The van der Waals surface area contributed by atoms with E-state index in [0.29, 0.717) is 6.54 Å². The van der Waals surface area contributed by atoms with Gasteiger partial charge < -0.3 is 20.1 Å². The Morgan fingerprint density at radius 2 is 1.95 bits per heavy atom. The van der Waals surface area contributed by atoms with Gasteiger partial charge in [-0.05, 0) is 36.5 Å². The van der Waals surface area contributed by atoms with Crippen molar-refractivity contribution in [2.45, 2.75) is 19.4 Å². The topological polar surface area (TPSA) is 54.9 Å². The second-order valence-electron chi connectivity index (χ2n) is 4.94. The molecule has 1 fully saturated rings. The van der Waals surface area contributed by atoms with Crippen molar-refractivity contribution >= 4 is 5.96 Å². The molecule has 5 heteroatoms. The average Bonchev–Trinajstić information content (AvgIpc) is 3.31. The molecule has 1 aromatic rings.